The largest absolute Gasteiger partial charge is 0.450 e. The van der Waals surface area contributed by atoms with E-state index in [4.69, 9.17) is 15.6 Å². The Kier molecular flexibility index (Phi) is 6.62. The van der Waals surface area contributed by atoms with Gasteiger partial charge < -0.3 is 20.5 Å². The topological polar surface area (TPSA) is 75.8 Å². The molecule has 0 fully saturated rings. The third-order valence-corrected chi connectivity index (χ3v) is 3.84. The number of likely N-dealkylation sites (N-methyl/N-ethyl adjacent to an activating group) is 1. The molecule has 16 heavy (non-hydrogen) atoms. The molecule has 0 heterocycles. The fraction of sp³-hybridized carbons (Fsp3) is 0.900. The van der Waals surface area contributed by atoms with Gasteiger partial charge in [-0.25, -0.2) is 4.79 Å². The Morgan fingerprint density at radius 2 is 2.06 bits per heavy atom. The number of nitrogens with zero attached hydrogens (tertiary/aromatic N) is 1. The predicted octanol–water partition coefficient (Wildman–Crippen LogP) is 0.713. The number of ether oxygens (including phenoxy) is 1. The average molecular weight is 248 g/mol. The van der Waals surface area contributed by atoms with Gasteiger partial charge in [0.25, 0.3) is 0 Å². The van der Waals surface area contributed by atoms with Crippen LogP contribution in [0.4, 0.5) is 4.79 Å². The highest BCUT2D eigenvalue weighted by atomic mass is 28.3. The van der Waals surface area contributed by atoms with E-state index in [2.05, 4.69) is 19.6 Å². The molecular weight excluding hydrogens is 224 g/mol. The first-order chi connectivity index (χ1) is 7.26. The second kappa shape index (κ2) is 6.88. The molecular formula is C10H24N2O3Si. The van der Waals surface area contributed by atoms with Gasteiger partial charge in [0.05, 0.1) is 13.2 Å². The van der Waals surface area contributed by atoms with Crippen LogP contribution in [0.2, 0.25) is 25.7 Å². The van der Waals surface area contributed by atoms with E-state index in [1.807, 2.05) is 0 Å². The zero-order chi connectivity index (χ0) is 12.8. The maximum atomic E-state index is 11.5. The van der Waals surface area contributed by atoms with Crippen molar-refractivity contribution in [2.75, 3.05) is 26.8 Å². The molecule has 0 aliphatic rings. The molecule has 5 nitrogen and oxygen atoms in total. The molecule has 0 aromatic heterocycles. The van der Waals surface area contributed by atoms with Crippen molar-refractivity contribution in [2.24, 2.45) is 5.73 Å². The van der Waals surface area contributed by atoms with Gasteiger partial charge >= 0.3 is 6.09 Å². The van der Waals surface area contributed by atoms with Crippen molar-refractivity contribution < 1.29 is 14.6 Å². The van der Waals surface area contributed by atoms with Crippen molar-refractivity contribution in [1.29, 1.82) is 0 Å². The highest BCUT2D eigenvalue weighted by Gasteiger charge is 2.16. The van der Waals surface area contributed by atoms with Crippen molar-refractivity contribution >= 4 is 14.2 Å². The van der Waals surface area contributed by atoms with Crippen molar-refractivity contribution in [3.8, 4) is 0 Å². The first-order valence-electron chi connectivity index (χ1n) is 5.50. The molecule has 3 N–H and O–H groups in total. The van der Waals surface area contributed by atoms with Gasteiger partial charge in [-0.05, 0) is 6.04 Å². The number of nitrogens with two attached hydrogens (primary N) is 1. The molecule has 0 bridgehead atoms. The Bertz CT molecular complexity index is 219. The van der Waals surface area contributed by atoms with Crippen molar-refractivity contribution in [1.82, 2.24) is 4.90 Å². The van der Waals surface area contributed by atoms with E-state index in [9.17, 15) is 4.79 Å². The van der Waals surface area contributed by atoms with Crippen LogP contribution in [0.25, 0.3) is 0 Å². The Morgan fingerprint density at radius 3 is 2.50 bits per heavy atom. The first-order valence-corrected chi connectivity index (χ1v) is 9.21. The number of hydrogen-bond donors (Lipinski definition) is 2. The summed E-state index contributed by atoms with van der Waals surface area (Å²) >= 11 is 0. The summed E-state index contributed by atoms with van der Waals surface area (Å²) in [6, 6.07) is 0.549. The Morgan fingerprint density at radius 1 is 1.50 bits per heavy atom. The van der Waals surface area contributed by atoms with Crippen LogP contribution in [0.3, 0.4) is 0 Å². The normalized spacial score (nSPS) is 13.4. The van der Waals surface area contributed by atoms with Crippen LogP contribution in [0, 0.1) is 0 Å². The summed E-state index contributed by atoms with van der Waals surface area (Å²) in [6.07, 6.45) is -0.373. The molecule has 0 rings (SSSR count). The Hall–Kier alpha value is -0.593. The third-order valence-electron chi connectivity index (χ3n) is 2.13. The zero-order valence-corrected chi connectivity index (χ0v) is 11.7. The number of aliphatic hydroxyl groups is 1. The molecule has 0 aromatic carbocycles. The number of hydrogen-bond acceptors (Lipinski definition) is 4. The van der Waals surface area contributed by atoms with E-state index in [0.717, 1.165) is 6.04 Å². The average Bonchev–Trinajstić information content (AvgIpc) is 2.15. The van der Waals surface area contributed by atoms with Crippen LogP contribution in [0.5, 0.6) is 0 Å². The minimum Gasteiger partial charge on any atom is -0.450 e. The molecule has 0 saturated carbocycles. The predicted molar refractivity (Wildman–Crippen MR) is 67.2 cm³/mol. The SMILES string of the molecule is CN(C[C@@H](N)CO)C(=O)OCC[Si](C)(C)C. The van der Waals surface area contributed by atoms with Crippen LogP contribution < -0.4 is 5.73 Å². The summed E-state index contributed by atoms with van der Waals surface area (Å²) in [5.74, 6) is 0. The summed E-state index contributed by atoms with van der Waals surface area (Å²) in [7, 11) is 0.459. The lowest BCUT2D eigenvalue weighted by Crippen LogP contribution is -2.41. The van der Waals surface area contributed by atoms with Gasteiger partial charge in [-0.3, -0.25) is 0 Å². The number of rotatable bonds is 6. The van der Waals surface area contributed by atoms with Crippen molar-refractivity contribution in [3.63, 3.8) is 0 Å². The van der Waals surface area contributed by atoms with Crippen LogP contribution in [-0.2, 0) is 4.74 Å². The summed E-state index contributed by atoms with van der Waals surface area (Å²) < 4.78 is 5.11. The van der Waals surface area contributed by atoms with E-state index in [1.165, 1.54) is 4.90 Å². The van der Waals surface area contributed by atoms with E-state index in [0.29, 0.717) is 13.2 Å². The molecule has 96 valence electrons. The third kappa shape index (κ3) is 7.67. The van der Waals surface area contributed by atoms with E-state index in [1.54, 1.807) is 7.05 Å². The molecule has 0 saturated heterocycles. The van der Waals surface area contributed by atoms with Gasteiger partial charge in [0, 0.05) is 27.7 Å². The molecule has 0 radical (unpaired) electrons. The van der Waals surface area contributed by atoms with Gasteiger partial charge in [0.15, 0.2) is 0 Å². The second-order valence-corrected chi connectivity index (χ2v) is 10.9. The van der Waals surface area contributed by atoms with Gasteiger partial charge in [-0.15, -0.1) is 0 Å². The number of carbonyl (C=O) groups is 1. The summed E-state index contributed by atoms with van der Waals surface area (Å²) in [5, 5.41) is 8.75. The minimum atomic E-state index is -1.16. The summed E-state index contributed by atoms with van der Waals surface area (Å²) in [4.78, 5) is 12.9. The molecule has 0 unspecified atom stereocenters. The summed E-state index contributed by atoms with van der Waals surface area (Å²) in [6.45, 7) is 7.33. The first kappa shape index (κ1) is 15.4. The summed E-state index contributed by atoms with van der Waals surface area (Å²) in [5.41, 5.74) is 5.52. The Balaban J connectivity index is 3.80. The lowest BCUT2D eigenvalue weighted by atomic mass is 10.3. The standard InChI is InChI=1S/C10H24N2O3Si/c1-12(7-9(11)8-13)10(14)15-5-6-16(2,3)4/h9,13H,5-8,11H2,1-4H3/t9-/m1/s1. The second-order valence-electron chi connectivity index (χ2n) is 5.25. The van der Waals surface area contributed by atoms with Crippen LogP contribution in [0.1, 0.15) is 0 Å². The zero-order valence-electron chi connectivity index (χ0n) is 10.7. The molecule has 0 aliphatic heterocycles. The number of carbonyl (C=O) groups excluding carboxylic acids is 1. The van der Waals surface area contributed by atoms with E-state index in [-0.39, 0.29) is 12.7 Å². The van der Waals surface area contributed by atoms with Crippen molar-refractivity contribution in [2.45, 2.75) is 31.7 Å². The maximum Gasteiger partial charge on any atom is 0.409 e. The lowest BCUT2D eigenvalue weighted by molar-refractivity contribution is 0.110. The Labute approximate surface area is 98.6 Å². The van der Waals surface area contributed by atoms with Gasteiger partial charge in [-0.1, -0.05) is 19.6 Å². The monoisotopic (exact) mass is 248 g/mol. The fourth-order valence-electron chi connectivity index (χ4n) is 1.04. The van der Waals surface area contributed by atoms with Crippen LogP contribution in [-0.4, -0.2) is 57.0 Å². The van der Waals surface area contributed by atoms with Gasteiger partial charge in [0.1, 0.15) is 0 Å². The molecule has 1 atom stereocenters. The van der Waals surface area contributed by atoms with E-state index < -0.39 is 14.1 Å². The highest BCUT2D eigenvalue weighted by molar-refractivity contribution is 6.76. The number of amides is 1. The van der Waals surface area contributed by atoms with Crippen LogP contribution >= 0.6 is 0 Å². The smallest absolute Gasteiger partial charge is 0.409 e. The van der Waals surface area contributed by atoms with Crippen LogP contribution in [0.15, 0.2) is 0 Å². The molecule has 0 spiro atoms. The van der Waals surface area contributed by atoms with Gasteiger partial charge in [-0.2, -0.15) is 0 Å². The molecule has 1 amide bonds. The highest BCUT2D eigenvalue weighted by Crippen LogP contribution is 2.08. The van der Waals surface area contributed by atoms with Gasteiger partial charge in [0.2, 0.25) is 0 Å². The van der Waals surface area contributed by atoms with E-state index >= 15 is 0 Å². The number of aliphatic hydroxyl groups excluding tert-OH is 1. The lowest BCUT2D eigenvalue weighted by Gasteiger charge is -2.21. The molecule has 6 heteroatoms. The maximum absolute atomic E-state index is 11.5. The quantitative estimate of drug-likeness (QED) is 0.679. The fourth-order valence-corrected chi connectivity index (χ4v) is 1.75. The molecule has 0 aromatic rings. The van der Waals surface area contributed by atoms with Crippen molar-refractivity contribution in [3.05, 3.63) is 0 Å². The molecule has 0 aliphatic carbocycles. The minimum absolute atomic E-state index is 0.132.